The monoisotopic (exact) mass is 253 g/mol. The molecule has 4 N–H and O–H groups in total. The van der Waals surface area contributed by atoms with E-state index in [2.05, 4.69) is 0 Å². The zero-order valence-corrected chi connectivity index (χ0v) is 10.5. The van der Waals surface area contributed by atoms with Gasteiger partial charge in [-0.05, 0) is 11.5 Å². The molecule has 1 rings (SSSR count). The molecule has 0 radical (unpaired) electrons. The Morgan fingerprint density at radius 3 is 2.00 bits per heavy atom. The number of rotatable bonds is 4. The fraction of sp³-hybridized carbons (Fsp3) is 0.385. The minimum Gasteiger partial charge on any atom is -0.479 e. The highest BCUT2D eigenvalue weighted by molar-refractivity contribution is 5.74. The van der Waals surface area contributed by atoms with Crippen LogP contribution in [-0.4, -0.2) is 22.1 Å². The van der Waals surface area contributed by atoms with Crippen LogP contribution < -0.4 is 5.73 Å². The minimum atomic E-state index is -1.41. The Morgan fingerprint density at radius 2 is 1.72 bits per heavy atom. The molecule has 1 unspecified atom stereocenters. The maximum atomic E-state index is 10.2. The van der Waals surface area contributed by atoms with Gasteiger partial charge in [0, 0.05) is 6.42 Å². The summed E-state index contributed by atoms with van der Waals surface area (Å²) in [6.45, 7) is 3.93. The van der Waals surface area contributed by atoms with Crippen LogP contribution in [0.25, 0.3) is 0 Å². The maximum absolute atomic E-state index is 10.2. The number of amides is 1. The quantitative estimate of drug-likeness (QED) is 0.753. The van der Waals surface area contributed by atoms with Crippen LogP contribution >= 0.6 is 0 Å². The van der Waals surface area contributed by atoms with Gasteiger partial charge in [0.15, 0.2) is 6.10 Å². The van der Waals surface area contributed by atoms with Crippen molar-refractivity contribution >= 4 is 11.9 Å². The third-order valence-corrected chi connectivity index (χ3v) is 1.96. The Labute approximate surface area is 106 Å². The van der Waals surface area contributed by atoms with E-state index in [-0.39, 0.29) is 5.91 Å². The van der Waals surface area contributed by atoms with Gasteiger partial charge in [-0.3, -0.25) is 4.79 Å². The number of primary amides is 1. The van der Waals surface area contributed by atoms with Crippen LogP contribution in [0.4, 0.5) is 0 Å². The van der Waals surface area contributed by atoms with Crippen molar-refractivity contribution in [3.63, 3.8) is 0 Å². The van der Waals surface area contributed by atoms with Crippen molar-refractivity contribution in [2.24, 2.45) is 11.7 Å². The first-order valence-electron chi connectivity index (χ1n) is 5.58. The average Bonchev–Trinajstić information content (AvgIpc) is 2.28. The second-order valence-corrected chi connectivity index (χ2v) is 4.22. The van der Waals surface area contributed by atoms with Gasteiger partial charge in [-0.25, -0.2) is 4.79 Å². The molecular weight excluding hydrogens is 234 g/mol. The third-order valence-electron chi connectivity index (χ3n) is 1.96. The molecule has 1 atom stereocenters. The number of aliphatic carboxylic acids is 1. The molecular formula is C13H19NO4. The summed E-state index contributed by atoms with van der Waals surface area (Å²) in [7, 11) is 0. The summed E-state index contributed by atoms with van der Waals surface area (Å²) in [5.74, 6) is -1.04. The first-order valence-corrected chi connectivity index (χ1v) is 5.58. The van der Waals surface area contributed by atoms with Crippen LogP contribution in [0.15, 0.2) is 30.3 Å². The highest BCUT2D eigenvalue weighted by Gasteiger charge is 2.14. The molecule has 0 aliphatic heterocycles. The number of carbonyl (C=O) groups excluding carboxylic acids is 1. The Balaban J connectivity index is 0.000000360. The smallest absolute Gasteiger partial charge is 0.337 e. The summed E-state index contributed by atoms with van der Waals surface area (Å²) >= 11 is 0. The van der Waals surface area contributed by atoms with Gasteiger partial charge in [-0.1, -0.05) is 44.2 Å². The third kappa shape index (κ3) is 7.40. The second kappa shape index (κ2) is 8.25. The van der Waals surface area contributed by atoms with Crippen molar-refractivity contribution in [2.75, 3.05) is 0 Å². The molecule has 0 bridgehead atoms. The van der Waals surface area contributed by atoms with E-state index in [0.717, 1.165) is 0 Å². The predicted molar refractivity (Wildman–Crippen MR) is 67.7 cm³/mol. The number of aliphatic hydroxyl groups excluding tert-OH is 1. The van der Waals surface area contributed by atoms with E-state index in [1.165, 1.54) is 0 Å². The highest BCUT2D eigenvalue weighted by Crippen LogP contribution is 2.10. The summed E-state index contributed by atoms with van der Waals surface area (Å²) in [5.41, 5.74) is 5.26. The van der Waals surface area contributed by atoms with Crippen LogP contribution in [0, 0.1) is 5.92 Å². The number of benzene rings is 1. The van der Waals surface area contributed by atoms with Gasteiger partial charge in [-0.15, -0.1) is 0 Å². The molecule has 5 nitrogen and oxygen atoms in total. The normalized spacial score (nSPS) is 11.3. The number of carboxylic acids is 1. The van der Waals surface area contributed by atoms with Gasteiger partial charge < -0.3 is 15.9 Å². The lowest BCUT2D eigenvalue weighted by Crippen LogP contribution is -2.12. The number of nitrogens with two attached hydrogens (primary N) is 1. The molecule has 0 saturated heterocycles. The molecule has 0 saturated carbocycles. The number of aliphatic hydroxyl groups is 1. The van der Waals surface area contributed by atoms with E-state index in [1.807, 2.05) is 13.8 Å². The zero-order valence-electron chi connectivity index (χ0n) is 10.5. The minimum absolute atomic E-state index is 0.213. The van der Waals surface area contributed by atoms with Crippen molar-refractivity contribution < 1.29 is 19.8 Å². The largest absolute Gasteiger partial charge is 0.479 e. The molecule has 0 fully saturated rings. The number of carboxylic acid groups (broad SMARTS) is 1. The molecule has 0 spiro atoms. The molecule has 1 aromatic rings. The summed E-state index contributed by atoms with van der Waals surface area (Å²) < 4.78 is 0. The Morgan fingerprint density at radius 1 is 1.22 bits per heavy atom. The van der Waals surface area contributed by atoms with Crippen molar-refractivity contribution in [3.8, 4) is 0 Å². The van der Waals surface area contributed by atoms with Gasteiger partial charge in [0.05, 0.1) is 0 Å². The Kier molecular flexibility index (Phi) is 7.38. The summed E-state index contributed by atoms with van der Waals surface area (Å²) in [4.78, 5) is 20.3. The topological polar surface area (TPSA) is 101 Å². The van der Waals surface area contributed by atoms with Gasteiger partial charge in [0.1, 0.15) is 0 Å². The zero-order chi connectivity index (χ0) is 14.1. The number of carbonyl (C=O) groups is 2. The fourth-order valence-corrected chi connectivity index (χ4v) is 1.18. The van der Waals surface area contributed by atoms with Crippen LogP contribution in [0.1, 0.15) is 31.9 Å². The van der Waals surface area contributed by atoms with Gasteiger partial charge >= 0.3 is 5.97 Å². The summed E-state index contributed by atoms with van der Waals surface area (Å²) in [5, 5.41) is 17.4. The Hall–Kier alpha value is -1.88. The molecule has 0 aliphatic rings. The first-order chi connectivity index (χ1) is 8.34. The number of hydrogen-bond acceptors (Lipinski definition) is 3. The molecule has 0 heterocycles. The van der Waals surface area contributed by atoms with E-state index in [4.69, 9.17) is 15.9 Å². The van der Waals surface area contributed by atoms with Crippen LogP contribution in [0.2, 0.25) is 0 Å². The SMILES string of the molecule is CC(C)CC(N)=O.O=C(O)C(O)c1ccccc1. The van der Waals surface area contributed by atoms with Crippen molar-refractivity contribution in [2.45, 2.75) is 26.4 Å². The van der Waals surface area contributed by atoms with Crippen LogP contribution in [-0.2, 0) is 9.59 Å². The van der Waals surface area contributed by atoms with E-state index in [9.17, 15) is 9.59 Å². The van der Waals surface area contributed by atoms with Gasteiger partial charge in [0.2, 0.25) is 5.91 Å². The maximum Gasteiger partial charge on any atom is 0.337 e. The number of hydrogen-bond donors (Lipinski definition) is 3. The van der Waals surface area contributed by atoms with Crippen molar-refractivity contribution in [1.82, 2.24) is 0 Å². The molecule has 5 heteroatoms. The molecule has 0 aliphatic carbocycles. The van der Waals surface area contributed by atoms with Crippen LogP contribution in [0.3, 0.4) is 0 Å². The fourth-order valence-electron chi connectivity index (χ4n) is 1.18. The van der Waals surface area contributed by atoms with Gasteiger partial charge in [-0.2, -0.15) is 0 Å². The van der Waals surface area contributed by atoms with E-state index < -0.39 is 12.1 Å². The highest BCUT2D eigenvalue weighted by atomic mass is 16.4. The Bertz CT molecular complexity index is 376. The molecule has 100 valence electrons. The molecule has 1 amide bonds. The van der Waals surface area contributed by atoms with E-state index >= 15 is 0 Å². The van der Waals surface area contributed by atoms with Crippen LogP contribution in [0.5, 0.6) is 0 Å². The predicted octanol–water partition coefficient (Wildman–Crippen LogP) is 1.32. The lowest BCUT2D eigenvalue weighted by Gasteiger charge is -2.03. The first kappa shape index (κ1) is 16.1. The van der Waals surface area contributed by atoms with Gasteiger partial charge in [0.25, 0.3) is 0 Å². The molecule has 0 aromatic heterocycles. The second-order valence-electron chi connectivity index (χ2n) is 4.22. The van der Waals surface area contributed by atoms with E-state index in [0.29, 0.717) is 17.9 Å². The van der Waals surface area contributed by atoms with Crippen molar-refractivity contribution in [3.05, 3.63) is 35.9 Å². The standard InChI is InChI=1S/C8H8O3.C5H11NO/c9-7(8(10)11)6-4-2-1-3-5-6;1-4(2)3-5(6)7/h1-5,7,9H,(H,10,11);4H,3H2,1-2H3,(H2,6,7). The van der Waals surface area contributed by atoms with E-state index in [1.54, 1.807) is 30.3 Å². The van der Waals surface area contributed by atoms with Crippen molar-refractivity contribution in [1.29, 1.82) is 0 Å². The summed E-state index contributed by atoms with van der Waals surface area (Å²) in [6, 6.07) is 8.26. The lowest BCUT2D eigenvalue weighted by atomic mass is 10.1. The average molecular weight is 253 g/mol. The molecule has 1 aromatic carbocycles. The summed E-state index contributed by atoms with van der Waals surface area (Å²) in [6.07, 6.45) is -0.906. The lowest BCUT2D eigenvalue weighted by molar-refractivity contribution is -0.147. The molecule has 18 heavy (non-hydrogen) atoms.